The summed E-state index contributed by atoms with van der Waals surface area (Å²) < 4.78 is 38.2. The minimum absolute atomic E-state index is 0.0978. The molecule has 4 heteroatoms. The van der Waals surface area contributed by atoms with Gasteiger partial charge in [0.2, 0.25) is 0 Å². The van der Waals surface area contributed by atoms with Crippen LogP contribution in [0.4, 0.5) is 13.2 Å². The Kier molecular flexibility index (Phi) is 2.81. The summed E-state index contributed by atoms with van der Waals surface area (Å²) in [6, 6.07) is 1.15. The molecule has 84 valence electrons. The van der Waals surface area contributed by atoms with Crippen molar-refractivity contribution in [1.29, 1.82) is 0 Å². The zero-order valence-electron chi connectivity index (χ0n) is 9.24. The van der Waals surface area contributed by atoms with E-state index in [1.165, 1.54) is 6.20 Å². The van der Waals surface area contributed by atoms with E-state index in [1.807, 2.05) is 0 Å². The fourth-order valence-corrected chi connectivity index (χ4v) is 1.38. The topological polar surface area (TPSA) is 12.9 Å². The van der Waals surface area contributed by atoms with Gasteiger partial charge < -0.3 is 0 Å². The van der Waals surface area contributed by atoms with Gasteiger partial charge in [-0.2, -0.15) is 13.2 Å². The largest absolute Gasteiger partial charge is 0.418 e. The molecule has 1 rings (SSSR count). The molecule has 15 heavy (non-hydrogen) atoms. The molecular formula is C11H14F3N. The molecule has 0 aliphatic rings. The van der Waals surface area contributed by atoms with Crippen molar-refractivity contribution < 1.29 is 13.2 Å². The van der Waals surface area contributed by atoms with Gasteiger partial charge in [0.15, 0.2) is 0 Å². The van der Waals surface area contributed by atoms with Gasteiger partial charge in [0.1, 0.15) is 0 Å². The Balaban J connectivity index is 3.41. The van der Waals surface area contributed by atoms with Crippen molar-refractivity contribution in [3.63, 3.8) is 0 Å². The molecule has 0 N–H and O–H groups in total. The Morgan fingerprint density at radius 3 is 2.07 bits per heavy atom. The number of alkyl halides is 3. The van der Waals surface area contributed by atoms with E-state index in [0.717, 1.165) is 6.07 Å². The Bertz CT molecular complexity index is 361. The van der Waals surface area contributed by atoms with Crippen LogP contribution in [0.2, 0.25) is 0 Å². The Labute approximate surface area is 87.3 Å². The lowest BCUT2D eigenvalue weighted by atomic mass is 9.88. The number of hydrogen-bond donors (Lipinski definition) is 0. The summed E-state index contributed by atoms with van der Waals surface area (Å²) in [4.78, 5) is 3.90. The van der Waals surface area contributed by atoms with E-state index < -0.39 is 17.2 Å². The summed E-state index contributed by atoms with van der Waals surface area (Å²) in [5.74, 6) is 0. The predicted octanol–water partition coefficient (Wildman–Crippen LogP) is 3.71. The van der Waals surface area contributed by atoms with Crippen LogP contribution in [0.1, 0.15) is 37.6 Å². The van der Waals surface area contributed by atoms with Crippen LogP contribution < -0.4 is 0 Å². The highest BCUT2D eigenvalue weighted by Gasteiger charge is 2.37. The zero-order valence-corrected chi connectivity index (χ0v) is 9.24. The molecule has 0 spiro atoms. The van der Waals surface area contributed by atoms with Crippen LogP contribution in [0.25, 0.3) is 0 Å². The van der Waals surface area contributed by atoms with E-state index in [-0.39, 0.29) is 5.69 Å². The second-order valence-electron chi connectivity index (χ2n) is 4.66. The van der Waals surface area contributed by atoms with Crippen molar-refractivity contribution in [3.05, 3.63) is 29.1 Å². The summed E-state index contributed by atoms with van der Waals surface area (Å²) in [7, 11) is 0. The van der Waals surface area contributed by atoms with Crippen LogP contribution in [-0.4, -0.2) is 4.98 Å². The van der Waals surface area contributed by atoms with Gasteiger partial charge in [0.05, 0.1) is 11.3 Å². The van der Waals surface area contributed by atoms with E-state index >= 15 is 0 Å². The van der Waals surface area contributed by atoms with Crippen molar-refractivity contribution in [2.75, 3.05) is 0 Å². The average molecular weight is 217 g/mol. The lowest BCUT2D eigenvalue weighted by Crippen LogP contribution is -2.21. The van der Waals surface area contributed by atoms with Crippen LogP contribution in [-0.2, 0) is 11.6 Å². The van der Waals surface area contributed by atoms with E-state index in [2.05, 4.69) is 4.98 Å². The van der Waals surface area contributed by atoms with Gasteiger partial charge in [-0.15, -0.1) is 0 Å². The van der Waals surface area contributed by atoms with Gasteiger partial charge in [0.25, 0.3) is 0 Å². The highest BCUT2D eigenvalue weighted by Crippen LogP contribution is 2.36. The molecule has 1 nitrogen and oxygen atoms in total. The fourth-order valence-electron chi connectivity index (χ4n) is 1.38. The second kappa shape index (κ2) is 3.51. The predicted molar refractivity (Wildman–Crippen MR) is 52.7 cm³/mol. The lowest BCUT2D eigenvalue weighted by Gasteiger charge is -2.22. The van der Waals surface area contributed by atoms with Crippen molar-refractivity contribution >= 4 is 0 Å². The Morgan fingerprint density at radius 1 is 1.13 bits per heavy atom. The van der Waals surface area contributed by atoms with E-state index in [4.69, 9.17) is 0 Å². The summed E-state index contributed by atoms with van der Waals surface area (Å²) in [5.41, 5.74) is -0.607. The maximum Gasteiger partial charge on any atom is 0.418 e. The maximum atomic E-state index is 12.7. The van der Waals surface area contributed by atoms with Gasteiger partial charge in [0, 0.05) is 11.6 Å². The molecule has 0 saturated carbocycles. The molecule has 0 saturated heterocycles. The monoisotopic (exact) mass is 217 g/mol. The first-order chi connectivity index (χ1) is 6.62. The van der Waals surface area contributed by atoms with E-state index in [9.17, 15) is 13.2 Å². The Hall–Kier alpha value is -1.06. The molecule has 0 atom stereocenters. The maximum absolute atomic E-state index is 12.7. The normalized spacial score (nSPS) is 13.0. The molecular weight excluding hydrogens is 203 g/mol. The second-order valence-corrected chi connectivity index (χ2v) is 4.66. The highest BCUT2D eigenvalue weighted by atomic mass is 19.4. The number of aryl methyl sites for hydroxylation is 1. The van der Waals surface area contributed by atoms with Gasteiger partial charge in [-0.1, -0.05) is 20.8 Å². The first kappa shape index (κ1) is 12.0. The molecule has 1 heterocycles. The molecule has 0 aliphatic heterocycles. The minimum atomic E-state index is -4.33. The number of hydrogen-bond acceptors (Lipinski definition) is 1. The van der Waals surface area contributed by atoms with Crippen LogP contribution in [0.5, 0.6) is 0 Å². The summed E-state index contributed by atoms with van der Waals surface area (Å²) in [6.45, 7) is 6.77. The third kappa shape index (κ3) is 2.70. The van der Waals surface area contributed by atoms with Crippen molar-refractivity contribution in [2.24, 2.45) is 0 Å². The third-order valence-corrected chi connectivity index (χ3v) is 2.04. The molecule has 0 aromatic carbocycles. The van der Waals surface area contributed by atoms with Crippen molar-refractivity contribution in [1.82, 2.24) is 4.98 Å². The fraction of sp³-hybridized carbons (Fsp3) is 0.545. The SMILES string of the molecule is Cc1cnc(C(C)(C)C)c(C(F)(F)F)c1. The van der Waals surface area contributed by atoms with Crippen LogP contribution in [0.3, 0.4) is 0 Å². The smallest absolute Gasteiger partial charge is 0.260 e. The van der Waals surface area contributed by atoms with Gasteiger partial charge in [-0.05, 0) is 18.6 Å². The zero-order chi connectivity index (χ0) is 11.9. The average Bonchev–Trinajstić information content (AvgIpc) is 2.00. The quantitative estimate of drug-likeness (QED) is 0.645. The number of nitrogens with zero attached hydrogens (tertiary/aromatic N) is 1. The molecule has 1 aromatic rings. The summed E-state index contributed by atoms with van der Waals surface area (Å²) in [5, 5.41) is 0. The number of pyridine rings is 1. The summed E-state index contributed by atoms with van der Waals surface area (Å²) >= 11 is 0. The number of halogens is 3. The Morgan fingerprint density at radius 2 is 1.67 bits per heavy atom. The van der Waals surface area contributed by atoms with Crippen LogP contribution >= 0.6 is 0 Å². The van der Waals surface area contributed by atoms with Crippen LogP contribution in [0, 0.1) is 6.92 Å². The number of rotatable bonds is 0. The van der Waals surface area contributed by atoms with E-state index in [1.54, 1.807) is 27.7 Å². The highest BCUT2D eigenvalue weighted by molar-refractivity contribution is 5.31. The first-order valence-electron chi connectivity index (χ1n) is 4.66. The standard InChI is InChI=1S/C11H14F3N/c1-7-5-8(11(12,13)14)9(15-6-7)10(2,3)4/h5-6H,1-4H3. The minimum Gasteiger partial charge on any atom is -0.260 e. The summed E-state index contributed by atoms with van der Waals surface area (Å²) in [6.07, 6.45) is -2.86. The molecule has 0 amide bonds. The first-order valence-corrected chi connectivity index (χ1v) is 4.66. The molecule has 0 bridgehead atoms. The van der Waals surface area contributed by atoms with Crippen molar-refractivity contribution in [3.8, 4) is 0 Å². The molecule has 0 fully saturated rings. The molecule has 0 unspecified atom stereocenters. The molecule has 0 radical (unpaired) electrons. The lowest BCUT2D eigenvalue weighted by molar-refractivity contribution is -0.139. The van der Waals surface area contributed by atoms with Gasteiger partial charge in [-0.25, -0.2) is 0 Å². The molecule has 1 aromatic heterocycles. The molecule has 0 aliphatic carbocycles. The van der Waals surface area contributed by atoms with Crippen LogP contribution in [0.15, 0.2) is 12.3 Å². The number of aromatic nitrogens is 1. The van der Waals surface area contributed by atoms with Gasteiger partial charge >= 0.3 is 6.18 Å². The van der Waals surface area contributed by atoms with E-state index in [0.29, 0.717) is 5.56 Å². The van der Waals surface area contributed by atoms with Crippen molar-refractivity contribution in [2.45, 2.75) is 39.3 Å². The van der Waals surface area contributed by atoms with Gasteiger partial charge in [-0.3, -0.25) is 4.98 Å². The third-order valence-electron chi connectivity index (χ3n) is 2.04.